The quantitative estimate of drug-likeness (QED) is 0.238. The third kappa shape index (κ3) is 6.36. The fraction of sp³-hybridized carbons (Fsp3) is 0.267. The Kier molecular flexibility index (Phi) is 8.00. The number of anilines is 1. The van der Waals surface area contributed by atoms with Crippen molar-refractivity contribution in [1.82, 2.24) is 9.71 Å². The van der Waals surface area contributed by atoms with Gasteiger partial charge in [-0.15, -0.1) is 0 Å². The fourth-order valence-electron chi connectivity index (χ4n) is 5.06. The number of aromatic nitrogens is 1. The van der Waals surface area contributed by atoms with Crippen LogP contribution in [0.4, 0.5) is 10.5 Å². The van der Waals surface area contributed by atoms with E-state index in [0.29, 0.717) is 42.7 Å². The minimum absolute atomic E-state index is 0.0377. The first-order valence-electron chi connectivity index (χ1n) is 13.2. The number of ether oxygens (including phenoxy) is 2. The van der Waals surface area contributed by atoms with Crippen LogP contribution in [-0.2, 0) is 21.2 Å². The zero-order valence-corrected chi connectivity index (χ0v) is 23.5. The van der Waals surface area contributed by atoms with E-state index in [-0.39, 0.29) is 16.6 Å². The maximum Gasteiger partial charge on any atom is 0.411 e. The summed E-state index contributed by atoms with van der Waals surface area (Å²) in [7, 11) is -2.57. The van der Waals surface area contributed by atoms with E-state index in [4.69, 9.17) is 9.47 Å². The predicted molar refractivity (Wildman–Crippen MR) is 154 cm³/mol. The van der Waals surface area contributed by atoms with Crippen LogP contribution in [0.1, 0.15) is 46.3 Å². The summed E-state index contributed by atoms with van der Waals surface area (Å²) in [6.45, 7) is 1.66. The smallest absolute Gasteiger partial charge is 0.411 e. The molecule has 1 saturated carbocycles. The number of methoxy groups -OCH3 is 1. The average Bonchev–Trinajstić information content (AvgIpc) is 3.53. The van der Waals surface area contributed by atoms with Gasteiger partial charge in [-0.3, -0.25) is 10.1 Å². The van der Waals surface area contributed by atoms with Crippen molar-refractivity contribution in [3.05, 3.63) is 89.1 Å². The number of amides is 2. The van der Waals surface area contributed by atoms with Crippen LogP contribution >= 0.6 is 0 Å². The van der Waals surface area contributed by atoms with E-state index in [1.54, 1.807) is 43.3 Å². The number of rotatable bonds is 8. The Morgan fingerprint density at radius 3 is 2.59 bits per heavy atom. The maximum atomic E-state index is 12.9. The molecular weight excluding hydrogens is 546 g/mol. The monoisotopic (exact) mass is 577 g/mol. The van der Waals surface area contributed by atoms with Gasteiger partial charge in [0.2, 0.25) is 0 Å². The lowest BCUT2D eigenvalue weighted by molar-refractivity contribution is 0.0976. The van der Waals surface area contributed by atoms with Crippen molar-refractivity contribution in [3.8, 4) is 5.75 Å². The second-order valence-electron chi connectivity index (χ2n) is 10.1. The Labute approximate surface area is 237 Å². The minimum atomic E-state index is -4.05. The lowest BCUT2D eigenvalue weighted by atomic mass is 10.0. The summed E-state index contributed by atoms with van der Waals surface area (Å²) >= 11 is 0. The van der Waals surface area contributed by atoms with E-state index in [9.17, 15) is 23.1 Å². The highest BCUT2D eigenvalue weighted by Gasteiger charge is 2.26. The zero-order chi connectivity index (χ0) is 29.1. The second-order valence-corrected chi connectivity index (χ2v) is 11.7. The van der Waals surface area contributed by atoms with Crippen LogP contribution in [0.3, 0.4) is 0 Å². The molecular formula is C30H31N3O7S. The first-order valence-corrected chi connectivity index (χ1v) is 14.7. The van der Waals surface area contributed by atoms with E-state index in [1.807, 2.05) is 18.3 Å². The molecule has 0 bridgehead atoms. The molecule has 5 rings (SSSR count). The van der Waals surface area contributed by atoms with Crippen molar-refractivity contribution in [2.75, 3.05) is 12.4 Å². The second kappa shape index (κ2) is 11.6. The van der Waals surface area contributed by atoms with E-state index in [0.717, 1.165) is 22.0 Å². The van der Waals surface area contributed by atoms with Gasteiger partial charge < -0.3 is 19.6 Å². The summed E-state index contributed by atoms with van der Waals surface area (Å²) < 4.78 is 38.7. The summed E-state index contributed by atoms with van der Waals surface area (Å²) in [6.07, 6.45) is 2.72. The molecule has 41 heavy (non-hydrogen) atoms. The van der Waals surface area contributed by atoms with Gasteiger partial charge in [0.15, 0.2) is 0 Å². The summed E-state index contributed by atoms with van der Waals surface area (Å²) in [6, 6.07) is 16.7. The average molecular weight is 578 g/mol. The molecule has 214 valence electrons. The van der Waals surface area contributed by atoms with Crippen LogP contribution in [0.5, 0.6) is 5.75 Å². The predicted octanol–water partition coefficient (Wildman–Crippen LogP) is 4.66. The number of fused-ring (bicyclic) bond motifs is 1. The largest absolute Gasteiger partial charge is 0.496 e. The van der Waals surface area contributed by atoms with Gasteiger partial charge in [-0.2, -0.15) is 0 Å². The number of aryl methyl sites for hydroxylation is 1. The molecule has 0 radical (unpaired) electrons. The number of aromatic amines is 1. The number of H-pyrrole nitrogens is 1. The van der Waals surface area contributed by atoms with Gasteiger partial charge in [0.1, 0.15) is 11.9 Å². The van der Waals surface area contributed by atoms with E-state index >= 15 is 0 Å². The van der Waals surface area contributed by atoms with Crippen LogP contribution in [0, 0.1) is 6.92 Å². The molecule has 1 aromatic heterocycles. The highest BCUT2D eigenvalue weighted by Crippen LogP contribution is 2.29. The third-order valence-corrected chi connectivity index (χ3v) is 8.68. The van der Waals surface area contributed by atoms with Crippen LogP contribution in [0.15, 0.2) is 71.8 Å². The van der Waals surface area contributed by atoms with Crippen LogP contribution < -0.4 is 14.8 Å². The van der Waals surface area contributed by atoms with Gasteiger partial charge in [-0.1, -0.05) is 24.3 Å². The number of aliphatic hydroxyl groups excluding tert-OH is 1. The number of hydrogen-bond acceptors (Lipinski definition) is 7. The highest BCUT2D eigenvalue weighted by atomic mass is 32.2. The molecule has 0 saturated heterocycles. The number of sulfonamides is 1. The number of nitrogens with one attached hydrogen (secondary N) is 3. The van der Waals surface area contributed by atoms with Crippen molar-refractivity contribution in [2.24, 2.45) is 0 Å². The van der Waals surface area contributed by atoms with Crippen LogP contribution in [-0.4, -0.2) is 49.8 Å². The standard InChI is InChI=1S/C30H31N3O7S/c1-18-5-3-4-6-28(18)41(37,38)33-29(35)20-8-7-19(27(14-20)39-2)13-21-17-31-26-12-9-22(15-25(21)26)32-30(36)40-24-11-10-23(34)16-24/h3-9,12,14-15,17,23-24,31,34H,10-11,13,16H2,1-2H3,(H,32,36)(H,33,35). The maximum absolute atomic E-state index is 12.9. The number of aliphatic hydroxyl groups is 1. The molecule has 1 heterocycles. The number of hydrogen-bond donors (Lipinski definition) is 4. The lowest BCUT2D eigenvalue weighted by Gasteiger charge is -2.13. The fourth-order valence-corrected chi connectivity index (χ4v) is 6.28. The summed E-state index contributed by atoms with van der Waals surface area (Å²) in [5.74, 6) is -0.336. The minimum Gasteiger partial charge on any atom is -0.496 e. The van der Waals surface area contributed by atoms with Crippen molar-refractivity contribution >= 4 is 38.6 Å². The molecule has 4 N–H and O–H groups in total. The molecule has 10 nitrogen and oxygen atoms in total. The summed E-state index contributed by atoms with van der Waals surface area (Å²) in [5.41, 5.74) is 3.81. The van der Waals surface area contributed by atoms with E-state index in [1.165, 1.54) is 19.2 Å². The SMILES string of the molecule is COc1cc(C(=O)NS(=O)(=O)c2ccccc2C)ccc1Cc1c[nH]c2ccc(NC(=O)OC3CCC(O)C3)cc12. The normalized spacial score (nSPS) is 16.9. The van der Waals surface area contributed by atoms with Gasteiger partial charge in [0.05, 0.1) is 18.1 Å². The Bertz CT molecular complexity index is 1710. The number of benzene rings is 3. The summed E-state index contributed by atoms with van der Waals surface area (Å²) in [5, 5.41) is 13.3. The third-order valence-electron chi connectivity index (χ3n) is 7.18. The number of carbonyl (C=O) groups excluding carboxylic acids is 2. The number of carbonyl (C=O) groups is 2. The van der Waals surface area contributed by atoms with Crippen LogP contribution in [0.25, 0.3) is 10.9 Å². The summed E-state index contributed by atoms with van der Waals surface area (Å²) in [4.78, 5) is 28.5. The Morgan fingerprint density at radius 2 is 1.85 bits per heavy atom. The van der Waals surface area contributed by atoms with Gasteiger partial charge in [0.25, 0.3) is 15.9 Å². The molecule has 3 aromatic carbocycles. The molecule has 2 unspecified atom stereocenters. The van der Waals surface area contributed by atoms with Crippen molar-refractivity contribution in [1.29, 1.82) is 0 Å². The molecule has 1 aliphatic rings. The molecule has 2 atom stereocenters. The van der Waals surface area contributed by atoms with Gasteiger partial charge in [-0.05, 0) is 72.9 Å². The van der Waals surface area contributed by atoms with E-state index in [2.05, 4.69) is 15.0 Å². The molecule has 11 heteroatoms. The Balaban J connectivity index is 1.31. The Hall–Kier alpha value is -4.35. The Morgan fingerprint density at radius 1 is 1.05 bits per heavy atom. The van der Waals surface area contributed by atoms with Gasteiger partial charge in [0, 0.05) is 41.2 Å². The molecule has 1 aliphatic carbocycles. The topological polar surface area (TPSA) is 147 Å². The molecule has 2 amide bonds. The highest BCUT2D eigenvalue weighted by molar-refractivity contribution is 7.90. The van der Waals surface area contributed by atoms with Crippen molar-refractivity contribution in [2.45, 2.75) is 49.7 Å². The molecule has 4 aromatic rings. The van der Waals surface area contributed by atoms with Crippen molar-refractivity contribution < 1.29 is 32.6 Å². The molecule has 1 fully saturated rings. The first kappa shape index (κ1) is 28.2. The van der Waals surface area contributed by atoms with Gasteiger partial charge in [-0.25, -0.2) is 17.9 Å². The van der Waals surface area contributed by atoms with Crippen molar-refractivity contribution in [3.63, 3.8) is 0 Å². The van der Waals surface area contributed by atoms with Gasteiger partial charge >= 0.3 is 6.09 Å². The molecule has 0 aliphatic heterocycles. The zero-order valence-electron chi connectivity index (χ0n) is 22.6. The first-order chi connectivity index (χ1) is 19.6. The van der Waals surface area contributed by atoms with Crippen LogP contribution in [0.2, 0.25) is 0 Å². The lowest BCUT2D eigenvalue weighted by Crippen LogP contribution is -2.31. The molecule has 0 spiro atoms. The van der Waals surface area contributed by atoms with E-state index < -0.39 is 28.1 Å².